The Labute approximate surface area is 744 Å². The van der Waals surface area contributed by atoms with Crippen molar-refractivity contribution >= 4 is 119 Å². The first-order valence-electron chi connectivity index (χ1n) is 61.5. The van der Waals surface area contributed by atoms with Gasteiger partial charge in [-0.05, 0) is 144 Å². The Morgan fingerprint density at radius 1 is 0.342 bits per heavy atom. The second kappa shape index (κ2) is 29.9. The average molecular weight is 1570 g/mol. The van der Waals surface area contributed by atoms with Crippen molar-refractivity contribution in [1.29, 1.82) is 0 Å². The fraction of sp³-hybridized carbons (Fsp3) is 0.0377. The maximum absolute atomic E-state index is 11.6. The van der Waals surface area contributed by atoms with E-state index < -0.39 is 451 Å². The summed E-state index contributed by atoms with van der Waals surface area (Å²) in [4.78, 5) is 4.83. The summed E-state index contributed by atoms with van der Waals surface area (Å²) in [5.74, 6) is 0.359. The Balaban J connectivity index is 1.09. The van der Waals surface area contributed by atoms with E-state index in [9.17, 15) is 60.3 Å². The van der Waals surface area contributed by atoms with Gasteiger partial charge in [0, 0.05) is 23.0 Å². The minimum Gasteiger partial charge on any atom is -0.458 e. The van der Waals surface area contributed by atoms with Gasteiger partial charge < -0.3 is 4.74 Å². The van der Waals surface area contributed by atoms with Crippen LogP contribution in [0.15, 0.2) is 442 Å². The molecular weight excluding hydrogens is 1430 g/mol. The largest absolute Gasteiger partial charge is 0.458 e. The summed E-state index contributed by atoms with van der Waals surface area (Å²) in [5.41, 5.74) is -5.53. The SMILES string of the molecule is [2H]c1c([2H])c([2H])c([Si](c2ccc3c(c2)n(-c2cccc(Oc4ccc5c6ccccc6n(-c6cc(C(C)(C)C)ccn6)c5c4)c2)[c-][n+]3-c2c(-c3c([2H])c([2H])c([2H])c([Si](c4c([2H])c([2H])c([2H])c([2H])c4[2H])(c4c([2H])c([2H])c([2H])c([2H])c4[2H])c4c([2H])c([2H])c([2H])c([2H])c4[2H])c3[2H])cccc2-c2c([2H])c([2H])c([2H])c([Si](c3c([2H])c([2H])c([2H])c([2H])c3[2H])(c3c([2H])c([2H])c([2H])c([2H])c3[2H])c3c([2H])c([2H])c([2H])c([2H])c3[2H])c2[2H])(c2c([2H])c([2H])c([2H])c([2H])c2[2H])c2c([2H])c([2H])c([2H])c([2H])c2[2H])c([2H])c1[2H]. The number of ether oxygens (including phenoxy) is 1. The van der Waals surface area contributed by atoms with Gasteiger partial charge in [0.25, 0.3) is 6.33 Å². The molecule has 0 aliphatic carbocycles. The quantitative estimate of drug-likeness (QED) is 0.0350. The van der Waals surface area contributed by atoms with E-state index in [1.165, 1.54) is 24.3 Å². The number of nitrogens with zero attached hydrogens (tertiary/aromatic N) is 4. The van der Waals surface area contributed by atoms with Crippen LogP contribution in [0.2, 0.25) is 0 Å². The second-order valence-corrected chi connectivity index (χ2v) is 37.3. The van der Waals surface area contributed by atoms with Crippen LogP contribution in [0, 0.1) is 6.33 Å². The highest BCUT2D eigenvalue weighted by molar-refractivity contribution is 7.21. The van der Waals surface area contributed by atoms with Gasteiger partial charge >= 0.3 is 0 Å². The van der Waals surface area contributed by atoms with Crippen LogP contribution >= 0.6 is 0 Å². The van der Waals surface area contributed by atoms with Gasteiger partial charge in [0.15, 0.2) is 24.2 Å². The molecule has 3 heterocycles. The lowest BCUT2D eigenvalue weighted by molar-refractivity contribution is -0.571. The number of fused-ring (bicyclic) bond motifs is 4. The van der Waals surface area contributed by atoms with Crippen LogP contribution in [-0.2, 0) is 5.41 Å². The molecule has 0 unspecified atom stereocenters. The molecular formula is C106H82N4OSi3. The first-order valence-corrected chi connectivity index (χ1v) is 41.0. The highest BCUT2D eigenvalue weighted by Gasteiger charge is 2.45. The van der Waals surface area contributed by atoms with Gasteiger partial charge in [0.1, 0.15) is 17.3 Å². The standard InChI is InChI=1S/C106H82N4OSi3/c1-106(2,3)80-69-70-107-104(73-80)110-100-64-32-31-61-98(100)99-67-65-83(75-102(99)110)111-82-40-35-39-81(74-82)108-77-109(101-68-66-95(76-103(101)108)114(90-53-25-10-26-54-90,91-55-27-11-28-56-91)92-57-29-12-30-58-92)105-96(78-37-33-59-93(71-78)112(84-41-13-4-14-42-84,85-43-15-5-16-44-85)86-45-17-6-18-46-86)62-36-63-97(105)79-38-34-60-94(72-79)113(87-47-19-7-20-48-87,88-49-21-8-22-50-88)89-51-23-9-24-52-89/h4-76H,1-3H3/i4D,5D,6D,7D,8D,9D,10D,11D,12D,13D,14D,15D,16D,17D,18D,19D,20D,21D,22D,23D,24D,25D,26D,27D,28D,29D,30D,33D,34D,37D,38D,41D,42D,43D,44D,45D,46D,47D,48D,49D,50D,51D,52D,53D,54D,55D,56D,57D,58D,59D,60D,71D,72D. The molecule has 0 aliphatic rings. The number of pyridine rings is 1. The van der Waals surface area contributed by atoms with Gasteiger partial charge in [-0.3, -0.25) is 13.7 Å². The zero-order chi connectivity index (χ0) is 123. The van der Waals surface area contributed by atoms with Gasteiger partial charge in [0.2, 0.25) is 0 Å². The van der Waals surface area contributed by atoms with Crippen molar-refractivity contribution in [3.8, 4) is 50.9 Å². The van der Waals surface area contributed by atoms with Crippen LogP contribution in [0.5, 0.6) is 11.5 Å². The topological polar surface area (TPSA) is 35.9 Å². The number of imidazole rings is 1. The highest BCUT2D eigenvalue weighted by atomic mass is 28.3. The van der Waals surface area contributed by atoms with Crippen LogP contribution in [0.4, 0.5) is 0 Å². The number of hydrogen-bond acceptors (Lipinski definition) is 2. The van der Waals surface area contributed by atoms with E-state index in [-0.39, 0.29) is 17.2 Å². The lowest BCUT2D eigenvalue weighted by Gasteiger charge is -2.35. The van der Waals surface area contributed by atoms with Gasteiger partial charge in [0.05, 0.1) is 106 Å². The van der Waals surface area contributed by atoms with Gasteiger partial charge in [-0.1, -0.05) is 402 Å². The van der Waals surface area contributed by atoms with Crippen molar-refractivity contribution < 1.29 is 82.0 Å². The van der Waals surface area contributed by atoms with E-state index in [1.807, 2.05) is 61.7 Å². The molecule has 0 N–H and O–H groups in total. The molecule has 114 heavy (non-hydrogen) atoms. The Morgan fingerprint density at radius 2 is 0.746 bits per heavy atom. The molecule has 0 saturated carbocycles. The maximum atomic E-state index is 11.6. The Bertz CT molecular complexity index is 9070. The number of aromatic nitrogens is 4. The van der Waals surface area contributed by atoms with Crippen LogP contribution < -0.4 is 71.5 Å². The van der Waals surface area contributed by atoms with Crippen molar-refractivity contribution in [3.63, 3.8) is 0 Å². The first-order chi connectivity index (χ1) is 78.2. The van der Waals surface area contributed by atoms with Gasteiger partial charge in [-0.25, -0.2) is 4.98 Å². The molecule has 19 aromatic rings. The summed E-state index contributed by atoms with van der Waals surface area (Å²) in [6.07, 6.45) is 4.83. The van der Waals surface area contributed by atoms with Crippen molar-refractivity contribution in [1.82, 2.24) is 14.1 Å². The molecule has 0 fully saturated rings. The van der Waals surface area contributed by atoms with E-state index in [0.29, 0.717) is 22.2 Å². The third-order valence-electron chi connectivity index (χ3n) is 19.6. The number of hydrogen-bond donors (Lipinski definition) is 0. The molecule has 8 heteroatoms. The molecule has 0 radical (unpaired) electrons. The number of para-hydroxylation sites is 2. The molecule has 0 bridgehead atoms. The van der Waals surface area contributed by atoms with Crippen molar-refractivity contribution in [2.24, 2.45) is 0 Å². The number of benzene rings is 16. The minimum absolute atomic E-state index is 0.0663. The maximum Gasteiger partial charge on any atom is 0.269 e. The molecule has 544 valence electrons. The summed E-state index contributed by atoms with van der Waals surface area (Å²) in [6.45, 7) is 6.01. The number of rotatable bonds is 19. The Hall–Kier alpha value is -13.6. The van der Waals surface area contributed by atoms with Gasteiger partial charge in [-0.15, -0.1) is 0 Å². The smallest absolute Gasteiger partial charge is 0.269 e. The van der Waals surface area contributed by atoms with E-state index in [0.717, 1.165) is 56.5 Å². The molecule has 16 aromatic carbocycles. The molecule has 19 rings (SSSR count). The third-order valence-corrected chi connectivity index (χ3v) is 31.7. The third kappa shape index (κ3) is 12.3. The van der Waals surface area contributed by atoms with E-state index >= 15 is 0 Å². The average Bonchev–Trinajstić information content (AvgIpc) is 1.21. The molecule has 0 amide bonds. The summed E-state index contributed by atoms with van der Waals surface area (Å²) in [7, 11) is -20.6. The van der Waals surface area contributed by atoms with Crippen molar-refractivity contribution in [3.05, 3.63) is 454 Å². The molecule has 0 spiro atoms. The molecule has 0 saturated heterocycles. The molecule has 0 atom stereocenters. The van der Waals surface area contributed by atoms with E-state index in [1.54, 1.807) is 24.4 Å². The van der Waals surface area contributed by atoms with E-state index in [4.69, 9.17) is 22.1 Å². The minimum atomic E-state index is -7.05. The fourth-order valence-electron chi connectivity index (χ4n) is 14.6. The van der Waals surface area contributed by atoms with Crippen LogP contribution in [0.1, 0.15) is 99.0 Å². The second-order valence-electron chi connectivity index (χ2n) is 26.7. The predicted molar refractivity (Wildman–Crippen MR) is 483 cm³/mol. The Kier molecular flexibility index (Phi) is 8.85. The summed E-state index contributed by atoms with van der Waals surface area (Å²) >= 11 is 0. The lowest BCUT2D eigenvalue weighted by Crippen LogP contribution is -2.74. The molecule has 5 nitrogen and oxygen atoms in total. The summed E-state index contributed by atoms with van der Waals surface area (Å²) in [6, 6.07) is -46.4. The lowest BCUT2D eigenvalue weighted by atomic mass is 9.88. The highest BCUT2D eigenvalue weighted by Crippen LogP contribution is 2.39. The fourth-order valence-corrected chi connectivity index (χ4v) is 25.5. The monoisotopic (exact) mass is 1560 g/mol. The molecule has 3 aromatic heterocycles. The first kappa shape index (κ1) is 33.8. The summed E-state index contributed by atoms with van der Waals surface area (Å²) < 4.78 is 535. The van der Waals surface area contributed by atoms with Crippen molar-refractivity contribution in [2.75, 3.05) is 0 Å². The zero-order valence-electron chi connectivity index (χ0n) is 113. The van der Waals surface area contributed by atoms with E-state index in [2.05, 4.69) is 6.33 Å². The van der Waals surface area contributed by atoms with Crippen LogP contribution in [0.25, 0.3) is 72.3 Å². The summed E-state index contributed by atoms with van der Waals surface area (Å²) in [5, 5.41) is -13.8. The normalized spacial score (nSPS) is 18.5. The predicted octanol–water partition coefficient (Wildman–Crippen LogP) is 16.8. The van der Waals surface area contributed by atoms with Gasteiger partial charge in [-0.2, -0.15) is 0 Å². The zero-order valence-corrected chi connectivity index (χ0v) is 62.7. The van der Waals surface area contributed by atoms with Crippen molar-refractivity contribution in [2.45, 2.75) is 26.2 Å². The Morgan fingerprint density at radius 3 is 1.19 bits per heavy atom. The van der Waals surface area contributed by atoms with Crippen LogP contribution in [0.3, 0.4) is 0 Å². The molecule has 0 aliphatic heterocycles. The van der Waals surface area contributed by atoms with Crippen LogP contribution in [-0.4, -0.2) is 38.3 Å².